The van der Waals surface area contributed by atoms with Crippen LogP contribution in [-0.4, -0.2) is 19.9 Å². The minimum Gasteiger partial charge on any atom is -0.370 e. The number of nitrogens with one attached hydrogen (secondary N) is 1. The fraction of sp³-hybridized carbons (Fsp3) is 0.286. The summed E-state index contributed by atoms with van der Waals surface area (Å²) in [7, 11) is 1.50. The molecule has 0 saturated carbocycles. The molecule has 1 aromatic heterocycles. The molecule has 0 fully saturated rings. The minimum absolute atomic E-state index is 0.0557. The quantitative estimate of drug-likeness (QED) is 0.784. The average molecular weight is 221 g/mol. The van der Waals surface area contributed by atoms with Crippen LogP contribution >= 0.6 is 10.7 Å². The molecule has 4 nitrogen and oxygen atoms in total. The van der Waals surface area contributed by atoms with E-state index in [0.29, 0.717) is 12.4 Å². The van der Waals surface area contributed by atoms with E-state index in [9.17, 15) is 8.42 Å². The van der Waals surface area contributed by atoms with Gasteiger partial charge in [-0.05, 0) is 13.0 Å². The summed E-state index contributed by atoms with van der Waals surface area (Å²) in [5, 5.41) is 2.89. The van der Waals surface area contributed by atoms with Crippen LogP contribution in [0.1, 0.15) is 6.92 Å². The molecule has 0 atom stereocenters. The lowest BCUT2D eigenvalue weighted by atomic mass is 10.4. The van der Waals surface area contributed by atoms with E-state index in [1.165, 1.54) is 18.3 Å². The zero-order valence-electron chi connectivity index (χ0n) is 6.99. The SMILES string of the molecule is CCNc1cc(S(=O)(=O)Cl)ccn1. The Labute approximate surface area is 81.4 Å². The standard InChI is InChI=1S/C7H9ClN2O2S/c1-2-9-7-5-6(3-4-10-7)13(8,11)12/h3-5H,2H2,1H3,(H,9,10). The third-order valence-corrected chi connectivity index (χ3v) is 2.72. The normalized spacial score (nSPS) is 11.2. The van der Waals surface area contributed by atoms with Crippen LogP contribution in [0.4, 0.5) is 5.82 Å². The van der Waals surface area contributed by atoms with Crippen LogP contribution in [0.25, 0.3) is 0 Å². The molecule has 13 heavy (non-hydrogen) atoms. The molecule has 0 saturated heterocycles. The molecule has 0 aliphatic carbocycles. The van der Waals surface area contributed by atoms with Crippen molar-refractivity contribution in [1.29, 1.82) is 0 Å². The van der Waals surface area contributed by atoms with Crippen LogP contribution in [-0.2, 0) is 9.05 Å². The molecule has 1 heterocycles. The maximum Gasteiger partial charge on any atom is 0.261 e. The summed E-state index contributed by atoms with van der Waals surface area (Å²) in [5.41, 5.74) is 0. The topological polar surface area (TPSA) is 59.1 Å². The van der Waals surface area contributed by atoms with E-state index in [1.54, 1.807) is 0 Å². The van der Waals surface area contributed by atoms with Crippen molar-refractivity contribution in [2.24, 2.45) is 0 Å². The Kier molecular flexibility index (Phi) is 3.11. The van der Waals surface area contributed by atoms with Crippen molar-refractivity contribution < 1.29 is 8.42 Å². The van der Waals surface area contributed by atoms with Crippen LogP contribution < -0.4 is 5.32 Å². The van der Waals surface area contributed by atoms with Gasteiger partial charge in [-0.2, -0.15) is 0 Å². The summed E-state index contributed by atoms with van der Waals surface area (Å²) in [6.45, 7) is 2.57. The summed E-state index contributed by atoms with van der Waals surface area (Å²) in [5.74, 6) is 0.504. The third-order valence-electron chi connectivity index (χ3n) is 1.37. The molecular formula is C7H9ClN2O2S. The molecule has 0 aliphatic rings. The molecule has 72 valence electrons. The van der Waals surface area contributed by atoms with Gasteiger partial charge >= 0.3 is 0 Å². The Hall–Kier alpha value is -0.810. The van der Waals surface area contributed by atoms with Gasteiger partial charge in [0.15, 0.2) is 0 Å². The number of rotatable bonds is 3. The summed E-state index contributed by atoms with van der Waals surface area (Å²) >= 11 is 0. The van der Waals surface area contributed by atoms with Gasteiger partial charge in [-0.3, -0.25) is 0 Å². The Morgan fingerprint density at radius 1 is 1.62 bits per heavy atom. The van der Waals surface area contributed by atoms with E-state index in [1.807, 2.05) is 6.92 Å². The van der Waals surface area contributed by atoms with Crippen LogP contribution in [0.2, 0.25) is 0 Å². The molecule has 0 amide bonds. The molecule has 1 N–H and O–H groups in total. The monoisotopic (exact) mass is 220 g/mol. The number of hydrogen-bond donors (Lipinski definition) is 1. The number of pyridine rings is 1. The van der Waals surface area contributed by atoms with Gasteiger partial charge in [0.1, 0.15) is 5.82 Å². The summed E-state index contributed by atoms with van der Waals surface area (Å²) in [6, 6.07) is 2.75. The number of hydrogen-bond acceptors (Lipinski definition) is 4. The van der Waals surface area contributed by atoms with Gasteiger partial charge in [0, 0.05) is 29.5 Å². The highest BCUT2D eigenvalue weighted by Gasteiger charge is 2.09. The van der Waals surface area contributed by atoms with Crippen LogP contribution in [0, 0.1) is 0 Å². The molecule has 0 aliphatic heterocycles. The Bertz CT molecular complexity index is 391. The fourth-order valence-electron chi connectivity index (χ4n) is 0.841. The van der Waals surface area contributed by atoms with Crippen molar-refractivity contribution in [2.75, 3.05) is 11.9 Å². The van der Waals surface area contributed by atoms with Crippen molar-refractivity contribution >= 4 is 25.6 Å². The number of nitrogens with zero attached hydrogens (tertiary/aromatic N) is 1. The zero-order chi connectivity index (χ0) is 9.90. The highest BCUT2D eigenvalue weighted by molar-refractivity contribution is 8.13. The number of halogens is 1. The average Bonchev–Trinajstić information content (AvgIpc) is 2.04. The van der Waals surface area contributed by atoms with Gasteiger partial charge in [0.05, 0.1) is 4.90 Å². The Morgan fingerprint density at radius 3 is 2.85 bits per heavy atom. The van der Waals surface area contributed by atoms with Crippen LogP contribution in [0.3, 0.4) is 0 Å². The van der Waals surface area contributed by atoms with Crippen molar-refractivity contribution in [3.63, 3.8) is 0 Å². The summed E-state index contributed by atoms with van der Waals surface area (Å²) in [6.07, 6.45) is 1.40. The van der Waals surface area contributed by atoms with Gasteiger partial charge in [0.25, 0.3) is 9.05 Å². The second-order valence-corrected chi connectivity index (χ2v) is 4.91. The van der Waals surface area contributed by atoms with Gasteiger partial charge in [-0.1, -0.05) is 0 Å². The molecule has 1 aromatic rings. The first-order chi connectivity index (χ1) is 6.04. The maximum absolute atomic E-state index is 10.9. The van der Waals surface area contributed by atoms with E-state index >= 15 is 0 Å². The first-order valence-electron chi connectivity index (χ1n) is 3.68. The van der Waals surface area contributed by atoms with E-state index in [4.69, 9.17) is 10.7 Å². The predicted molar refractivity (Wildman–Crippen MR) is 51.4 cm³/mol. The second kappa shape index (κ2) is 3.93. The van der Waals surface area contributed by atoms with Gasteiger partial charge in [-0.25, -0.2) is 13.4 Å². The van der Waals surface area contributed by atoms with Crippen molar-refractivity contribution in [3.8, 4) is 0 Å². The van der Waals surface area contributed by atoms with Gasteiger partial charge in [-0.15, -0.1) is 0 Å². The third kappa shape index (κ3) is 2.86. The number of anilines is 1. The van der Waals surface area contributed by atoms with Crippen LogP contribution in [0.15, 0.2) is 23.2 Å². The van der Waals surface area contributed by atoms with Gasteiger partial charge in [0.2, 0.25) is 0 Å². The van der Waals surface area contributed by atoms with E-state index in [0.717, 1.165) is 0 Å². The summed E-state index contributed by atoms with van der Waals surface area (Å²) in [4.78, 5) is 3.96. The molecule has 0 aromatic carbocycles. The van der Waals surface area contributed by atoms with E-state index < -0.39 is 9.05 Å². The van der Waals surface area contributed by atoms with Gasteiger partial charge < -0.3 is 5.32 Å². The first kappa shape index (κ1) is 10.3. The largest absolute Gasteiger partial charge is 0.370 e. The molecular weight excluding hydrogens is 212 g/mol. The molecule has 6 heteroatoms. The fourth-order valence-corrected chi connectivity index (χ4v) is 1.60. The lowest BCUT2D eigenvalue weighted by molar-refractivity contribution is 0.609. The molecule has 1 rings (SSSR count). The van der Waals surface area contributed by atoms with Crippen molar-refractivity contribution in [1.82, 2.24) is 4.98 Å². The number of aromatic nitrogens is 1. The molecule has 0 spiro atoms. The zero-order valence-corrected chi connectivity index (χ0v) is 8.56. The second-order valence-electron chi connectivity index (χ2n) is 2.34. The molecule has 0 unspecified atom stereocenters. The maximum atomic E-state index is 10.9. The molecule has 0 radical (unpaired) electrons. The lowest BCUT2D eigenvalue weighted by Gasteiger charge is -2.02. The van der Waals surface area contributed by atoms with Crippen molar-refractivity contribution in [3.05, 3.63) is 18.3 Å². The van der Waals surface area contributed by atoms with E-state index in [2.05, 4.69) is 10.3 Å². The van der Waals surface area contributed by atoms with Crippen LogP contribution in [0.5, 0.6) is 0 Å². The summed E-state index contributed by atoms with van der Waals surface area (Å²) < 4.78 is 21.8. The highest BCUT2D eigenvalue weighted by Crippen LogP contribution is 2.16. The lowest BCUT2D eigenvalue weighted by Crippen LogP contribution is -2.00. The molecule has 0 bridgehead atoms. The first-order valence-corrected chi connectivity index (χ1v) is 5.99. The highest BCUT2D eigenvalue weighted by atomic mass is 35.7. The smallest absolute Gasteiger partial charge is 0.261 e. The van der Waals surface area contributed by atoms with E-state index in [-0.39, 0.29) is 4.90 Å². The predicted octanol–water partition coefficient (Wildman–Crippen LogP) is 1.44. The minimum atomic E-state index is -3.65. The van der Waals surface area contributed by atoms with Crippen molar-refractivity contribution in [2.45, 2.75) is 11.8 Å². The Balaban J connectivity index is 3.06. The Morgan fingerprint density at radius 2 is 2.31 bits per heavy atom.